The van der Waals surface area contributed by atoms with Crippen molar-refractivity contribution in [1.82, 2.24) is 4.90 Å². The first-order valence-corrected chi connectivity index (χ1v) is 9.41. The number of esters is 1. The predicted octanol–water partition coefficient (Wildman–Crippen LogP) is 3.73. The average Bonchev–Trinajstić information content (AvgIpc) is 2.68. The molecule has 2 N–H and O–H groups in total. The van der Waals surface area contributed by atoms with E-state index in [1.54, 1.807) is 6.92 Å². The number of ether oxygens (including phenoxy) is 1. The second-order valence-corrected chi connectivity index (χ2v) is 6.93. The quantitative estimate of drug-likeness (QED) is 0.661. The van der Waals surface area contributed by atoms with Gasteiger partial charge in [-0.25, -0.2) is 0 Å². The lowest BCUT2D eigenvalue weighted by molar-refractivity contribution is -0.151. The fraction of sp³-hybridized carbons (Fsp3) is 0.364. The van der Waals surface area contributed by atoms with Crippen molar-refractivity contribution in [3.8, 4) is 0 Å². The van der Waals surface area contributed by atoms with E-state index >= 15 is 0 Å². The summed E-state index contributed by atoms with van der Waals surface area (Å²) in [4.78, 5) is 27.8. The minimum atomic E-state index is -0.379. The highest BCUT2D eigenvalue weighted by Gasteiger charge is 2.40. The van der Waals surface area contributed by atoms with Crippen molar-refractivity contribution in [1.29, 1.82) is 0 Å². The molecule has 2 atom stereocenters. The molecule has 1 aliphatic rings. The van der Waals surface area contributed by atoms with Gasteiger partial charge >= 0.3 is 5.97 Å². The second kappa shape index (κ2) is 8.25. The van der Waals surface area contributed by atoms with Gasteiger partial charge in [-0.2, -0.15) is 0 Å². The molecule has 2 aromatic carbocycles. The molecular weight excluding hydrogens is 340 g/mol. The zero-order chi connectivity index (χ0) is 19.4. The first-order valence-electron chi connectivity index (χ1n) is 9.41. The maximum absolute atomic E-state index is 13.3. The molecule has 1 amide bonds. The summed E-state index contributed by atoms with van der Waals surface area (Å²) in [5.41, 5.74) is 8.99. The third-order valence-corrected chi connectivity index (χ3v) is 5.13. The van der Waals surface area contributed by atoms with E-state index in [0.29, 0.717) is 30.8 Å². The summed E-state index contributed by atoms with van der Waals surface area (Å²) in [6.07, 6.45) is 1.47. The normalized spacial score (nSPS) is 19.6. The Kier molecular flexibility index (Phi) is 5.79. The van der Waals surface area contributed by atoms with Gasteiger partial charge in [0.05, 0.1) is 18.6 Å². The van der Waals surface area contributed by atoms with Gasteiger partial charge in [-0.15, -0.1) is 0 Å². The molecule has 5 nitrogen and oxygen atoms in total. The molecule has 27 heavy (non-hydrogen) atoms. The average molecular weight is 366 g/mol. The number of benzene rings is 2. The Morgan fingerprint density at radius 2 is 1.85 bits per heavy atom. The molecule has 0 spiro atoms. The van der Waals surface area contributed by atoms with E-state index in [9.17, 15) is 9.59 Å². The van der Waals surface area contributed by atoms with Crippen LogP contribution in [0.5, 0.6) is 0 Å². The standard InChI is InChI=1S/C22H26N2O3/c1-3-27-22(26)19-9-6-14-24(20(19)16-10-12-17(23)13-11-16)21(25)18-8-5-4-7-15(18)2/h4-5,7-8,10-13,19-20H,3,6,9,14,23H2,1-2H3/t19-,20?/m0/s1. The van der Waals surface area contributed by atoms with Crippen molar-refractivity contribution in [2.45, 2.75) is 32.7 Å². The smallest absolute Gasteiger partial charge is 0.311 e. The molecule has 1 heterocycles. The first-order chi connectivity index (χ1) is 13.0. The molecule has 2 aromatic rings. The Bertz CT molecular complexity index is 817. The van der Waals surface area contributed by atoms with Crippen molar-refractivity contribution in [3.05, 3.63) is 65.2 Å². The van der Waals surface area contributed by atoms with Crippen LogP contribution in [0, 0.1) is 12.8 Å². The predicted molar refractivity (Wildman–Crippen MR) is 105 cm³/mol. The van der Waals surface area contributed by atoms with Gasteiger partial charge in [-0.05, 0) is 56.0 Å². The Morgan fingerprint density at radius 3 is 2.52 bits per heavy atom. The van der Waals surface area contributed by atoms with Gasteiger partial charge in [-0.3, -0.25) is 9.59 Å². The highest BCUT2D eigenvalue weighted by atomic mass is 16.5. The third-order valence-electron chi connectivity index (χ3n) is 5.13. The summed E-state index contributed by atoms with van der Waals surface area (Å²) in [7, 11) is 0. The van der Waals surface area contributed by atoms with Crippen molar-refractivity contribution < 1.29 is 14.3 Å². The van der Waals surface area contributed by atoms with E-state index in [2.05, 4.69) is 0 Å². The van der Waals surface area contributed by atoms with Crippen LogP contribution in [0.3, 0.4) is 0 Å². The van der Waals surface area contributed by atoms with Crippen LogP contribution in [0.4, 0.5) is 5.69 Å². The number of hydrogen-bond acceptors (Lipinski definition) is 4. The largest absolute Gasteiger partial charge is 0.466 e. The van der Waals surface area contributed by atoms with E-state index in [1.807, 2.05) is 60.4 Å². The summed E-state index contributed by atoms with van der Waals surface area (Å²) < 4.78 is 5.31. The highest BCUT2D eigenvalue weighted by molar-refractivity contribution is 5.96. The number of carbonyl (C=O) groups is 2. The molecule has 5 heteroatoms. The number of amides is 1. The molecule has 0 aromatic heterocycles. The Balaban J connectivity index is 2.01. The molecule has 1 fully saturated rings. The molecule has 1 unspecified atom stereocenters. The van der Waals surface area contributed by atoms with Crippen LogP contribution in [-0.2, 0) is 9.53 Å². The minimum Gasteiger partial charge on any atom is -0.466 e. The molecule has 3 rings (SSSR count). The second-order valence-electron chi connectivity index (χ2n) is 6.93. The number of anilines is 1. The molecule has 0 radical (unpaired) electrons. The highest BCUT2D eigenvalue weighted by Crippen LogP contribution is 2.38. The van der Waals surface area contributed by atoms with Crippen molar-refractivity contribution >= 4 is 17.6 Å². The number of likely N-dealkylation sites (tertiary alicyclic amines) is 1. The number of piperidine rings is 1. The van der Waals surface area contributed by atoms with Crippen LogP contribution in [0.15, 0.2) is 48.5 Å². The van der Waals surface area contributed by atoms with Gasteiger partial charge in [0.25, 0.3) is 5.91 Å². The van der Waals surface area contributed by atoms with Crippen LogP contribution in [0.2, 0.25) is 0 Å². The van der Waals surface area contributed by atoms with E-state index in [-0.39, 0.29) is 23.8 Å². The van der Waals surface area contributed by atoms with E-state index in [4.69, 9.17) is 10.5 Å². The number of rotatable bonds is 4. The van der Waals surface area contributed by atoms with Crippen molar-refractivity contribution in [3.63, 3.8) is 0 Å². The van der Waals surface area contributed by atoms with E-state index < -0.39 is 0 Å². The minimum absolute atomic E-state index is 0.0519. The first kappa shape index (κ1) is 19.0. The Hall–Kier alpha value is -2.82. The number of nitrogens with zero attached hydrogens (tertiary/aromatic N) is 1. The van der Waals surface area contributed by atoms with Gasteiger partial charge in [0, 0.05) is 17.8 Å². The van der Waals surface area contributed by atoms with Gasteiger partial charge in [0.2, 0.25) is 0 Å². The van der Waals surface area contributed by atoms with Crippen molar-refractivity contribution in [2.75, 3.05) is 18.9 Å². The summed E-state index contributed by atoms with van der Waals surface area (Å²) in [5.74, 6) is -0.680. The van der Waals surface area contributed by atoms with Gasteiger partial charge in [0.1, 0.15) is 0 Å². The van der Waals surface area contributed by atoms with Crippen molar-refractivity contribution in [2.24, 2.45) is 5.92 Å². The van der Waals surface area contributed by atoms with Crippen LogP contribution in [0.1, 0.15) is 47.3 Å². The molecule has 0 aliphatic carbocycles. The zero-order valence-electron chi connectivity index (χ0n) is 15.9. The lowest BCUT2D eigenvalue weighted by Gasteiger charge is -2.40. The van der Waals surface area contributed by atoms with Gasteiger partial charge in [0.15, 0.2) is 0 Å². The monoisotopic (exact) mass is 366 g/mol. The molecular formula is C22H26N2O3. The molecule has 1 saturated heterocycles. The van der Waals surface area contributed by atoms with Gasteiger partial charge < -0.3 is 15.4 Å². The molecule has 142 valence electrons. The summed E-state index contributed by atoms with van der Waals surface area (Å²) >= 11 is 0. The molecule has 0 bridgehead atoms. The molecule has 0 saturated carbocycles. The summed E-state index contributed by atoms with van der Waals surface area (Å²) in [6.45, 7) is 4.67. The number of carbonyl (C=O) groups excluding carboxylic acids is 2. The maximum atomic E-state index is 13.3. The fourth-order valence-electron chi connectivity index (χ4n) is 3.79. The Morgan fingerprint density at radius 1 is 1.15 bits per heavy atom. The summed E-state index contributed by atoms with van der Waals surface area (Å²) in [6, 6.07) is 14.6. The van der Waals surface area contributed by atoms with E-state index in [1.165, 1.54) is 0 Å². The fourth-order valence-corrected chi connectivity index (χ4v) is 3.79. The SMILES string of the molecule is CCOC(=O)[C@H]1CCCN(C(=O)c2ccccc2C)C1c1ccc(N)cc1. The summed E-state index contributed by atoms with van der Waals surface area (Å²) in [5, 5.41) is 0. The third kappa shape index (κ3) is 3.97. The lowest BCUT2D eigenvalue weighted by atomic mass is 9.84. The number of nitrogen functional groups attached to an aromatic ring is 1. The van der Waals surface area contributed by atoms with E-state index in [0.717, 1.165) is 17.5 Å². The molecule has 1 aliphatic heterocycles. The van der Waals surface area contributed by atoms with Crippen LogP contribution < -0.4 is 5.73 Å². The Labute approximate surface area is 160 Å². The van der Waals surface area contributed by atoms with Crippen LogP contribution >= 0.6 is 0 Å². The number of nitrogens with two attached hydrogens (primary N) is 1. The topological polar surface area (TPSA) is 72.6 Å². The van der Waals surface area contributed by atoms with Gasteiger partial charge in [-0.1, -0.05) is 30.3 Å². The lowest BCUT2D eigenvalue weighted by Crippen LogP contribution is -2.45. The van der Waals surface area contributed by atoms with Crippen LogP contribution in [0.25, 0.3) is 0 Å². The number of hydrogen-bond donors (Lipinski definition) is 1. The zero-order valence-corrected chi connectivity index (χ0v) is 15.9. The van der Waals surface area contributed by atoms with Crippen LogP contribution in [-0.4, -0.2) is 29.9 Å². The maximum Gasteiger partial charge on any atom is 0.311 e. The number of aryl methyl sites for hydroxylation is 1.